The number of piperazine rings is 1. The molecule has 0 unspecified atom stereocenters. The van der Waals surface area contributed by atoms with Crippen molar-refractivity contribution in [3.63, 3.8) is 0 Å². The Morgan fingerprint density at radius 2 is 1.84 bits per heavy atom. The number of fused-ring (bicyclic) bond motifs is 1. The monoisotopic (exact) mass is 334 g/mol. The molecule has 1 aromatic carbocycles. The second kappa shape index (κ2) is 6.62. The van der Waals surface area contributed by atoms with Gasteiger partial charge >= 0.3 is 0 Å². The van der Waals surface area contributed by atoms with Crippen LogP contribution in [0, 0.1) is 20.8 Å². The number of hydrogen-bond acceptors (Lipinski definition) is 3. The van der Waals surface area contributed by atoms with Gasteiger partial charge in [0.2, 0.25) is 0 Å². The summed E-state index contributed by atoms with van der Waals surface area (Å²) in [5.74, 6) is 0. The lowest BCUT2D eigenvalue weighted by molar-refractivity contribution is 0.230. The zero-order valence-electron chi connectivity index (χ0n) is 15.3. The van der Waals surface area contributed by atoms with Crippen LogP contribution in [0.5, 0.6) is 0 Å². The number of benzene rings is 1. The molecule has 0 saturated carbocycles. The molecule has 2 aromatic heterocycles. The Labute approximate surface area is 149 Å². The van der Waals surface area contributed by atoms with Gasteiger partial charge in [-0.15, -0.1) is 0 Å². The van der Waals surface area contributed by atoms with Gasteiger partial charge in [-0.2, -0.15) is 0 Å². The molecule has 1 saturated heterocycles. The molecule has 3 aromatic rings. The number of nitrogens with one attached hydrogen (secondary N) is 1. The zero-order valence-corrected chi connectivity index (χ0v) is 15.3. The Hall–Kier alpha value is -2.17. The standard InChI is InChI=1S/C21H26N4/c1-15-6-7-18(17(3)13-15)20-19(14-24-11-8-22-9-12-24)25-10-4-5-16(2)21(25)23-20/h4-7,10,13,22H,8-9,11-12,14H2,1-3H3. The van der Waals surface area contributed by atoms with Crippen molar-refractivity contribution in [2.45, 2.75) is 27.3 Å². The third kappa shape index (κ3) is 3.08. The number of rotatable bonds is 3. The van der Waals surface area contributed by atoms with Crippen molar-refractivity contribution in [1.29, 1.82) is 0 Å². The van der Waals surface area contributed by atoms with Gasteiger partial charge in [0.25, 0.3) is 0 Å². The average Bonchev–Trinajstić information content (AvgIpc) is 2.96. The van der Waals surface area contributed by atoms with Crippen LogP contribution >= 0.6 is 0 Å². The average molecular weight is 334 g/mol. The molecule has 0 atom stereocenters. The molecule has 0 bridgehead atoms. The largest absolute Gasteiger partial charge is 0.314 e. The Bertz CT molecular complexity index is 904. The molecule has 1 fully saturated rings. The smallest absolute Gasteiger partial charge is 0.140 e. The van der Waals surface area contributed by atoms with E-state index in [-0.39, 0.29) is 0 Å². The maximum absolute atomic E-state index is 5.06. The molecule has 0 amide bonds. The molecule has 25 heavy (non-hydrogen) atoms. The first-order valence-corrected chi connectivity index (χ1v) is 9.11. The van der Waals surface area contributed by atoms with E-state index in [4.69, 9.17) is 4.98 Å². The van der Waals surface area contributed by atoms with Gasteiger partial charge in [-0.25, -0.2) is 4.98 Å². The molecule has 0 radical (unpaired) electrons. The van der Waals surface area contributed by atoms with Gasteiger partial charge in [0.05, 0.1) is 11.4 Å². The number of pyridine rings is 1. The zero-order chi connectivity index (χ0) is 17.4. The summed E-state index contributed by atoms with van der Waals surface area (Å²) in [6.45, 7) is 11.7. The van der Waals surface area contributed by atoms with Crippen LogP contribution in [-0.4, -0.2) is 40.5 Å². The summed E-state index contributed by atoms with van der Waals surface area (Å²) < 4.78 is 2.28. The summed E-state index contributed by atoms with van der Waals surface area (Å²) in [5.41, 5.74) is 8.56. The Balaban J connectivity index is 1.87. The van der Waals surface area contributed by atoms with E-state index in [2.05, 4.69) is 71.9 Å². The molecule has 4 heteroatoms. The second-order valence-electron chi connectivity index (χ2n) is 7.14. The predicted molar refractivity (Wildman–Crippen MR) is 103 cm³/mol. The van der Waals surface area contributed by atoms with Crippen molar-refractivity contribution < 1.29 is 0 Å². The highest BCUT2D eigenvalue weighted by molar-refractivity contribution is 5.71. The normalized spacial score (nSPS) is 15.8. The number of imidazole rings is 1. The predicted octanol–water partition coefficient (Wildman–Crippen LogP) is 3.33. The summed E-state index contributed by atoms with van der Waals surface area (Å²) >= 11 is 0. The highest BCUT2D eigenvalue weighted by Crippen LogP contribution is 2.30. The van der Waals surface area contributed by atoms with Crippen molar-refractivity contribution >= 4 is 5.65 Å². The summed E-state index contributed by atoms with van der Waals surface area (Å²) in [7, 11) is 0. The van der Waals surface area contributed by atoms with Gasteiger partial charge < -0.3 is 9.72 Å². The summed E-state index contributed by atoms with van der Waals surface area (Å²) in [6, 6.07) is 10.9. The third-order valence-corrected chi connectivity index (χ3v) is 5.16. The summed E-state index contributed by atoms with van der Waals surface area (Å²) in [6.07, 6.45) is 2.15. The van der Waals surface area contributed by atoms with Crippen LogP contribution in [0.15, 0.2) is 36.5 Å². The van der Waals surface area contributed by atoms with Gasteiger partial charge in [-0.1, -0.05) is 29.8 Å². The van der Waals surface area contributed by atoms with E-state index in [1.807, 2.05) is 0 Å². The van der Waals surface area contributed by atoms with Crippen LogP contribution in [0.4, 0.5) is 0 Å². The minimum Gasteiger partial charge on any atom is -0.314 e. The highest BCUT2D eigenvalue weighted by atomic mass is 15.2. The lowest BCUT2D eigenvalue weighted by Crippen LogP contribution is -2.43. The third-order valence-electron chi connectivity index (χ3n) is 5.16. The van der Waals surface area contributed by atoms with Crippen molar-refractivity contribution in [2.75, 3.05) is 26.2 Å². The fourth-order valence-electron chi connectivity index (χ4n) is 3.78. The van der Waals surface area contributed by atoms with Crippen LogP contribution in [0.3, 0.4) is 0 Å². The van der Waals surface area contributed by atoms with Gasteiger partial charge in [0, 0.05) is 44.5 Å². The molecule has 0 spiro atoms. The fraction of sp³-hybridized carbons (Fsp3) is 0.381. The molecule has 1 N–H and O–H groups in total. The van der Waals surface area contributed by atoms with E-state index in [1.165, 1.54) is 27.9 Å². The quantitative estimate of drug-likeness (QED) is 0.797. The van der Waals surface area contributed by atoms with Gasteiger partial charge in [-0.05, 0) is 38.0 Å². The molecule has 3 heterocycles. The Kier molecular flexibility index (Phi) is 4.32. The first kappa shape index (κ1) is 16.3. The van der Waals surface area contributed by atoms with Crippen LogP contribution in [0.25, 0.3) is 16.9 Å². The minimum atomic E-state index is 0.939. The van der Waals surface area contributed by atoms with Gasteiger partial charge in [-0.3, -0.25) is 4.90 Å². The Morgan fingerprint density at radius 1 is 1.04 bits per heavy atom. The maximum Gasteiger partial charge on any atom is 0.140 e. The minimum absolute atomic E-state index is 0.939. The van der Waals surface area contributed by atoms with Crippen LogP contribution in [0.1, 0.15) is 22.4 Å². The van der Waals surface area contributed by atoms with Crippen LogP contribution in [-0.2, 0) is 6.54 Å². The SMILES string of the molecule is Cc1ccc(-c2nc3c(C)cccn3c2CN2CCNCC2)c(C)c1. The van der Waals surface area contributed by atoms with E-state index in [0.717, 1.165) is 44.1 Å². The molecule has 4 rings (SSSR count). The molecule has 4 nitrogen and oxygen atoms in total. The van der Waals surface area contributed by atoms with Crippen LogP contribution in [0.2, 0.25) is 0 Å². The first-order valence-electron chi connectivity index (χ1n) is 9.11. The van der Waals surface area contributed by atoms with E-state index in [9.17, 15) is 0 Å². The topological polar surface area (TPSA) is 32.6 Å². The highest BCUT2D eigenvalue weighted by Gasteiger charge is 2.20. The van der Waals surface area contributed by atoms with E-state index >= 15 is 0 Å². The lowest BCUT2D eigenvalue weighted by atomic mass is 10.0. The number of aromatic nitrogens is 2. The van der Waals surface area contributed by atoms with Crippen molar-refractivity contribution in [2.24, 2.45) is 0 Å². The molecular weight excluding hydrogens is 308 g/mol. The number of hydrogen-bond donors (Lipinski definition) is 1. The molecule has 130 valence electrons. The van der Waals surface area contributed by atoms with Gasteiger partial charge in [0.1, 0.15) is 5.65 Å². The van der Waals surface area contributed by atoms with Crippen molar-refractivity contribution in [3.8, 4) is 11.3 Å². The van der Waals surface area contributed by atoms with Gasteiger partial charge in [0.15, 0.2) is 0 Å². The maximum atomic E-state index is 5.06. The van der Waals surface area contributed by atoms with Crippen LogP contribution < -0.4 is 5.32 Å². The van der Waals surface area contributed by atoms with Crippen molar-refractivity contribution in [3.05, 3.63) is 58.9 Å². The summed E-state index contributed by atoms with van der Waals surface area (Å²) in [4.78, 5) is 7.58. The second-order valence-corrected chi connectivity index (χ2v) is 7.14. The fourth-order valence-corrected chi connectivity index (χ4v) is 3.78. The number of aryl methyl sites for hydroxylation is 3. The lowest BCUT2D eigenvalue weighted by Gasteiger charge is -2.27. The van der Waals surface area contributed by atoms with E-state index in [1.54, 1.807) is 0 Å². The first-order chi connectivity index (χ1) is 12.1. The molecular formula is C21H26N4. The molecule has 0 aliphatic carbocycles. The van der Waals surface area contributed by atoms with E-state index in [0.29, 0.717) is 0 Å². The Morgan fingerprint density at radius 3 is 2.60 bits per heavy atom. The van der Waals surface area contributed by atoms with Crippen molar-refractivity contribution in [1.82, 2.24) is 19.6 Å². The summed E-state index contributed by atoms with van der Waals surface area (Å²) in [5, 5.41) is 3.44. The molecule has 1 aliphatic rings. The van der Waals surface area contributed by atoms with E-state index < -0.39 is 0 Å². The number of nitrogens with zero attached hydrogens (tertiary/aromatic N) is 3. The molecule has 1 aliphatic heterocycles.